The fraction of sp³-hybridized carbons (Fsp3) is 0.556. The van der Waals surface area contributed by atoms with Crippen LogP contribution in [0.4, 0.5) is 5.13 Å². The lowest BCUT2D eigenvalue weighted by molar-refractivity contribution is 0.112. The van der Waals surface area contributed by atoms with Gasteiger partial charge in [0.05, 0.1) is 0 Å². The number of anilines is 1. The van der Waals surface area contributed by atoms with Crippen molar-refractivity contribution in [3.8, 4) is 0 Å². The predicted octanol–water partition coefficient (Wildman–Crippen LogP) is 2.60. The molecule has 2 rings (SSSR count). The smallest absolute Gasteiger partial charge is 0.187 e. The minimum Gasteiger partial charge on any atom is -0.348 e. The van der Waals surface area contributed by atoms with Crippen molar-refractivity contribution in [1.29, 1.82) is 0 Å². The van der Waals surface area contributed by atoms with E-state index in [-0.39, 0.29) is 0 Å². The average molecular weight is 231 g/mol. The summed E-state index contributed by atoms with van der Waals surface area (Å²) in [4.78, 5) is 17.5. The molecule has 1 aliphatic heterocycles. The van der Waals surface area contributed by atoms with Crippen molar-refractivity contribution in [2.45, 2.75) is 19.3 Å². The largest absolute Gasteiger partial charge is 0.348 e. The lowest BCUT2D eigenvalue weighted by Crippen LogP contribution is -2.29. The van der Waals surface area contributed by atoms with E-state index >= 15 is 0 Å². The van der Waals surface area contributed by atoms with E-state index in [1.165, 1.54) is 30.6 Å². The van der Waals surface area contributed by atoms with E-state index in [0.717, 1.165) is 24.5 Å². The molecule has 5 heteroatoms. The molecule has 1 aliphatic rings. The predicted molar refractivity (Wildman–Crippen MR) is 58.6 cm³/mol. The Hall–Kier alpha value is -0.610. The van der Waals surface area contributed by atoms with Crippen LogP contribution in [0.15, 0.2) is 0 Å². The van der Waals surface area contributed by atoms with Gasteiger partial charge in [-0.15, -0.1) is 0 Å². The van der Waals surface area contributed by atoms with Crippen LogP contribution in [0.3, 0.4) is 0 Å². The lowest BCUT2D eigenvalue weighted by atomic mass is 10.1. The number of aromatic nitrogens is 1. The summed E-state index contributed by atoms with van der Waals surface area (Å²) >= 11 is 7.19. The Morgan fingerprint density at radius 1 is 1.36 bits per heavy atom. The highest BCUT2D eigenvalue weighted by Gasteiger charge is 2.16. The van der Waals surface area contributed by atoms with E-state index in [1.54, 1.807) is 0 Å². The van der Waals surface area contributed by atoms with Crippen molar-refractivity contribution in [3.63, 3.8) is 0 Å². The zero-order valence-electron chi connectivity index (χ0n) is 7.70. The number of hydrogen-bond donors (Lipinski definition) is 0. The van der Waals surface area contributed by atoms with Gasteiger partial charge in [-0.3, -0.25) is 4.79 Å². The third-order valence-electron chi connectivity index (χ3n) is 2.33. The second-order valence-electron chi connectivity index (χ2n) is 3.32. The zero-order valence-corrected chi connectivity index (χ0v) is 9.27. The normalized spacial score (nSPS) is 17.1. The summed E-state index contributed by atoms with van der Waals surface area (Å²) < 4.78 is 0. The van der Waals surface area contributed by atoms with Crippen molar-refractivity contribution >= 4 is 34.4 Å². The second-order valence-corrected chi connectivity index (χ2v) is 4.68. The monoisotopic (exact) mass is 230 g/mol. The van der Waals surface area contributed by atoms with Crippen LogP contribution < -0.4 is 4.90 Å². The van der Waals surface area contributed by atoms with Crippen LogP contribution in [-0.4, -0.2) is 24.4 Å². The molecule has 3 nitrogen and oxygen atoms in total. The van der Waals surface area contributed by atoms with E-state index in [2.05, 4.69) is 9.88 Å². The van der Waals surface area contributed by atoms with E-state index in [1.807, 2.05) is 0 Å². The zero-order chi connectivity index (χ0) is 9.97. The van der Waals surface area contributed by atoms with Gasteiger partial charge in [0.1, 0.15) is 4.88 Å². The summed E-state index contributed by atoms with van der Waals surface area (Å²) in [5.74, 6) is 0. The Kier molecular flexibility index (Phi) is 3.03. The number of aldehydes is 1. The van der Waals surface area contributed by atoms with Crippen LogP contribution in [0.25, 0.3) is 0 Å². The molecule has 0 aromatic carbocycles. The van der Waals surface area contributed by atoms with Crippen LogP contribution >= 0.6 is 22.9 Å². The van der Waals surface area contributed by atoms with Gasteiger partial charge in [-0.1, -0.05) is 22.9 Å². The minimum atomic E-state index is 0.338. The van der Waals surface area contributed by atoms with Gasteiger partial charge in [-0.05, 0) is 19.3 Å². The van der Waals surface area contributed by atoms with Gasteiger partial charge in [0.15, 0.2) is 16.6 Å². The van der Waals surface area contributed by atoms with Gasteiger partial charge >= 0.3 is 0 Å². The third-order valence-corrected chi connectivity index (χ3v) is 3.77. The molecular formula is C9H11ClN2OS. The molecule has 14 heavy (non-hydrogen) atoms. The number of nitrogens with zero attached hydrogens (tertiary/aromatic N) is 2. The topological polar surface area (TPSA) is 33.2 Å². The molecule has 2 heterocycles. The van der Waals surface area contributed by atoms with Gasteiger partial charge < -0.3 is 4.90 Å². The first-order valence-electron chi connectivity index (χ1n) is 4.67. The summed E-state index contributed by atoms with van der Waals surface area (Å²) in [7, 11) is 0. The molecule has 1 aromatic rings. The van der Waals surface area contributed by atoms with Crippen LogP contribution in [0.1, 0.15) is 28.9 Å². The highest BCUT2D eigenvalue weighted by molar-refractivity contribution is 7.17. The summed E-state index contributed by atoms with van der Waals surface area (Å²) in [6.45, 7) is 2.06. The first-order chi connectivity index (χ1) is 6.81. The van der Waals surface area contributed by atoms with Gasteiger partial charge in [0, 0.05) is 13.1 Å². The minimum absolute atomic E-state index is 0.338. The van der Waals surface area contributed by atoms with Crippen LogP contribution in [0.2, 0.25) is 5.15 Å². The van der Waals surface area contributed by atoms with Gasteiger partial charge in [0.2, 0.25) is 0 Å². The Labute approximate surface area is 91.7 Å². The van der Waals surface area contributed by atoms with Crippen molar-refractivity contribution in [1.82, 2.24) is 4.98 Å². The van der Waals surface area contributed by atoms with Crippen molar-refractivity contribution in [2.24, 2.45) is 0 Å². The van der Waals surface area contributed by atoms with Gasteiger partial charge in [-0.25, -0.2) is 4.98 Å². The second kappa shape index (κ2) is 4.28. The molecule has 0 spiro atoms. The fourth-order valence-corrected chi connectivity index (χ4v) is 2.71. The quantitative estimate of drug-likeness (QED) is 0.733. The Bertz CT molecular complexity index is 334. The number of halogens is 1. The van der Waals surface area contributed by atoms with Gasteiger partial charge in [-0.2, -0.15) is 0 Å². The summed E-state index contributed by atoms with van der Waals surface area (Å²) in [5.41, 5.74) is 0. The first kappa shape index (κ1) is 9.93. The summed E-state index contributed by atoms with van der Waals surface area (Å²) in [6.07, 6.45) is 4.46. The highest BCUT2D eigenvalue weighted by Crippen LogP contribution is 2.29. The van der Waals surface area contributed by atoms with Crippen molar-refractivity contribution < 1.29 is 4.79 Å². The Balaban J connectivity index is 2.18. The van der Waals surface area contributed by atoms with E-state index < -0.39 is 0 Å². The van der Waals surface area contributed by atoms with Crippen molar-refractivity contribution in [2.75, 3.05) is 18.0 Å². The number of piperidine rings is 1. The summed E-state index contributed by atoms with van der Waals surface area (Å²) in [5, 5.41) is 1.22. The molecular weight excluding hydrogens is 220 g/mol. The fourth-order valence-electron chi connectivity index (χ4n) is 1.60. The summed E-state index contributed by atoms with van der Waals surface area (Å²) in [6, 6.07) is 0. The molecule has 0 saturated carbocycles. The molecule has 1 saturated heterocycles. The highest BCUT2D eigenvalue weighted by atomic mass is 35.5. The molecule has 0 amide bonds. The lowest BCUT2D eigenvalue weighted by Gasteiger charge is -2.25. The first-order valence-corrected chi connectivity index (χ1v) is 5.87. The number of hydrogen-bond acceptors (Lipinski definition) is 4. The molecule has 0 unspecified atom stereocenters. The van der Waals surface area contributed by atoms with Crippen LogP contribution in [0.5, 0.6) is 0 Å². The van der Waals surface area contributed by atoms with E-state index in [4.69, 9.17) is 11.6 Å². The van der Waals surface area contributed by atoms with E-state index in [9.17, 15) is 4.79 Å². The SMILES string of the molecule is O=Cc1sc(N2CCCCC2)nc1Cl. The maximum absolute atomic E-state index is 10.6. The van der Waals surface area contributed by atoms with Crippen LogP contribution in [-0.2, 0) is 0 Å². The Morgan fingerprint density at radius 3 is 2.64 bits per heavy atom. The molecule has 1 aromatic heterocycles. The number of carbonyl (C=O) groups is 1. The van der Waals surface area contributed by atoms with Gasteiger partial charge in [0.25, 0.3) is 0 Å². The number of carbonyl (C=O) groups excluding carboxylic acids is 1. The maximum Gasteiger partial charge on any atom is 0.187 e. The standard InChI is InChI=1S/C9H11ClN2OS/c10-8-7(6-13)14-9(11-8)12-4-2-1-3-5-12/h6H,1-5H2. The van der Waals surface area contributed by atoms with Crippen molar-refractivity contribution in [3.05, 3.63) is 10.0 Å². The number of rotatable bonds is 2. The molecule has 0 N–H and O–H groups in total. The molecule has 0 bridgehead atoms. The van der Waals surface area contributed by atoms with Crippen LogP contribution in [0, 0.1) is 0 Å². The third kappa shape index (κ3) is 1.91. The maximum atomic E-state index is 10.6. The number of thiazole rings is 1. The molecule has 0 radical (unpaired) electrons. The Morgan fingerprint density at radius 2 is 2.07 bits per heavy atom. The molecule has 0 aliphatic carbocycles. The average Bonchev–Trinajstić information content (AvgIpc) is 2.61. The van der Waals surface area contributed by atoms with E-state index in [0.29, 0.717) is 10.0 Å². The molecule has 76 valence electrons. The molecule has 1 fully saturated rings. The molecule has 0 atom stereocenters.